The van der Waals surface area contributed by atoms with Crippen molar-refractivity contribution in [2.45, 2.75) is 46.6 Å². The number of carbonyl (C=O) groups excluding carboxylic acids is 1. The van der Waals surface area contributed by atoms with Gasteiger partial charge < -0.3 is 9.90 Å². The van der Waals surface area contributed by atoms with Crippen LogP contribution in [0.25, 0.3) is 0 Å². The summed E-state index contributed by atoms with van der Waals surface area (Å²) >= 11 is 0. The first kappa shape index (κ1) is 11.5. The van der Waals surface area contributed by atoms with Crippen molar-refractivity contribution in [3.63, 3.8) is 0 Å². The number of aliphatic carboxylic acids is 1. The molecule has 0 saturated heterocycles. The summed E-state index contributed by atoms with van der Waals surface area (Å²) < 4.78 is 0. The Bertz CT molecular complexity index is 225. The average molecular weight is 198 g/mol. The van der Waals surface area contributed by atoms with E-state index in [1.165, 1.54) is 0 Å². The van der Waals surface area contributed by atoms with E-state index in [-0.39, 0.29) is 0 Å². The van der Waals surface area contributed by atoms with Gasteiger partial charge in [-0.05, 0) is 29.6 Å². The first-order valence-corrected chi connectivity index (χ1v) is 5.03. The van der Waals surface area contributed by atoms with E-state index in [1.807, 2.05) is 27.7 Å². The highest BCUT2D eigenvalue weighted by Gasteiger charge is 2.47. The van der Waals surface area contributed by atoms with Crippen molar-refractivity contribution in [1.29, 1.82) is 0 Å². The smallest absolute Gasteiger partial charge is 0.103 e. The maximum absolute atomic E-state index is 12.0. The zero-order chi connectivity index (χ0) is 11.1. The van der Waals surface area contributed by atoms with Gasteiger partial charge in [0.2, 0.25) is 0 Å². The molecule has 1 radical (unpaired) electrons. The van der Waals surface area contributed by atoms with E-state index >= 15 is 0 Å². The molecule has 0 bridgehead atoms. The number of carboxylic acids is 1. The van der Waals surface area contributed by atoms with Crippen LogP contribution in [-0.4, -0.2) is 12.1 Å². The van der Waals surface area contributed by atoms with Gasteiger partial charge >= 0.3 is 0 Å². The predicted octanol–water partition coefficient (Wildman–Crippen LogP) is 0.998. The van der Waals surface area contributed by atoms with Crippen LogP contribution >= 0.6 is 0 Å². The van der Waals surface area contributed by atoms with E-state index in [4.69, 9.17) is 0 Å². The lowest BCUT2D eigenvalue weighted by molar-refractivity contribution is -0.316. The standard InChI is InChI=1S/C11H19O3/c1-10(2)5-7(8(12)13)6-11(3,4)9(10)14/h7,9H,5-6H2,1-4H3,(H,12,13)/p-1. The lowest BCUT2D eigenvalue weighted by Gasteiger charge is -2.48. The quantitative estimate of drug-likeness (QED) is 0.631. The zero-order valence-electron chi connectivity index (χ0n) is 9.29. The molecular weight excluding hydrogens is 180 g/mol. The highest BCUT2D eigenvalue weighted by atomic mass is 16.4. The highest BCUT2D eigenvalue weighted by molar-refractivity contribution is 5.68. The molecule has 3 nitrogen and oxygen atoms in total. The van der Waals surface area contributed by atoms with Crippen molar-refractivity contribution in [3.05, 3.63) is 0 Å². The summed E-state index contributed by atoms with van der Waals surface area (Å²) in [7, 11) is 0. The number of hydrogen-bond donors (Lipinski definition) is 0. The Balaban J connectivity index is 2.91. The molecule has 0 unspecified atom stereocenters. The van der Waals surface area contributed by atoms with Crippen LogP contribution in [0.4, 0.5) is 0 Å². The second kappa shape index (κ2) is 3.23. The first-order chi connectivity index (χ1) is 6.17. The molecule has 0 spiro atoms. The van der Waals surface area contributed by atoms with Gasteiger partial charge in [-0.2, -0.15) is 0 Å². The molecule has 0 aromatic rings. The van der Waals surface area contributed by atoms with E-state index in [9.17, 15) is 15.0 Å². The van der Waals surface area contributed by atoms with Gasteiger partial charge in [-0.1, -0.05) is 27.7 Å². The molecule has 1 fully saturated rings. The van der Waals surface area contributed by atoms with Crippen LogP contribution in [0, 0.1) is 16.7 Å². The Morgan fingerprint density at radius 1 is 1.14 bits per heavy atom. The maximum Gasteiger partial charge on any atom is 0.103 e. The Morgan fingerprint density at radius 3 is 1.79 bits per heavy atom. The monoisotopic (exact) mass is 198 g/mol. The fourth-order valence-electron chi connectivity index (χ4n) is 2.78. The van der Waals surface area contributed by atoms with Gasteiger partial charge in [0.05, 0.1) is 0 Å². The lowest BCUT2D eigenvalue weighted by atomic mass is 9.59. The second-order valence-electron chi connectivity index (χ2n) is 5.78. The molecular formula is C11H18O3-. The summed E-state index contributed by atoms with van der Waals surface area (Å²) in [6, 6.07) is 0. The maximum atomic E-state index is 12.0. The largest absolute Gasteiger partial charge is 0.550 e. The SMILES string of the molecule is CC1(C)CC(C(=O)[O-])CC(C)(C)C1[O]. The Hall–Kier alpha value is -0.570. The molecule has 0 heterocycles. The second-order valence-corrected chi connectivity index (χ2v) is 5.78. The third kappa shape index (κ3) is 1.92. The highest BCUT2D eigenvalue weighted by Crippen LogP contribution is 2.48. The molecule has 0 atom stereocenters. The molecule has 14 heavy (non-hydrogen) atoms. The van der Waals surface area contributed by atoms with Crippen LogP contribution in [0.5, 0.6) is 0 Å². The molecule has 0 aliphatic heterocycles. The van der Waals surface area contributed by atoms with Gasteiger partial charge in [-0.15, -0.1) is 0 Å². The summed E-state index contributed by atoms with van der Waals surface area (Å²) in [5.74, 6) is -1.48. The molecule has 0 amide bonds. The molecule has 81 valence electrons. The van der Waals surface area contributed by atoms with Gasteiger partial charge in [0.1, 0.15) is 6.10 Å². The minimum Gasteiger partial charge on any atom is -0.550 e. The van der Waals surface area contributed by atoms with E-state index in [2.05, 4.69) is 0 Å². The molecule has 1 rings (SSSR count). The van der Waals surface area contributed by atoms with Crippen LogP contribution in [-0.2, 0) is 9.90 Å². The molecule has 0 aromatic heterocycles. The fourth-order valence-corrected chi connectivity index (χ4v) is 2.78. The topological polar surface area (TPSA) is 60.0 Å². The number of carbonyl (C=O) groups is 1. The van der Waals surface area contributed by atoms with Gasteiger partial charge in [-0.3, -0.25) is 0 Å². The Labute approximate surface area is 85.1 Å². The van der Waals surface area contributed by atoms with Crippen LogP contribution in [0.2, 0.25) is 0 Å². The van der Waals surface area contributed by atoms with Crippen LogP contribution < -0.4 is 5.11 Å². The van der Waals surface area contributed by atoms with Gasteiger partial charge in [0, 0.05) is 5.97 Å². The minimum absolute atomic E-state index is 0.437. The van der Waals surface area contributed by atoms with Gasteiger partial charge in [0.25, 0.3) is 0 Å². The number of carboxylic acid groups (broad SMARTS) is 1. The van der Waals surface area contributed by atoms with Gasteiger partial charge in [0.15, 0.2) is 0 Å². The summed E-state index contributed by atoms with van der Waals surface area (Å²) in [5, 5.41) is 22.8. The fraction of sp³-hybridized carbons (Fsp3) is 0.909. The normalized spacial score (nSPS) is 35.2. The van der Waals surface area contributed by atoms with Crippen molar-refractivity contribution in [3.8, 4) is 0 Å². The van der Waals surface area contributed by atoms with Crippen LogP contribution in [0.3, 0.4) is 0 Å². The van der Waals surface area contributed by atoms with Crippen molar-refractivity contribution >= 4 is 5.97 Å². The summed E-state index contributed by atoms with van der Waals surface area (Å²) in [4.78, 5) is 10.8. The van der Waals surface area contributed by atoms with E-state index in [1.54, 1.807) is 0 Å². The molecule has 0 aromatic carbocycles. The van der Waals surface area contributed by atoms with E-state index in [0.29, 0.717) is 12.8 Å². The summed E-state index contributed by atoms with van der Waals surface area (Å²) in [6.07, 6.45) is 0.172. The van der Waals surface area contributed by atoms with Crippen LogP contribution in [0.15, 0.2) is 0 Å². The Morgan fingerprint density at radius 2 is 1.50 bits per heavy atom. The average Bonchev–Trinajstić information content (AvgIpc) is 1.98. The Kier molecular flexibility index (Phi) is 2.65. The molecule has 1 saturated carbocycles. The van der Waals surface area contributed by atoms with Crippen molar-refractivity contribution in [1.82, 2.24) is 0 Å². The van der Waals surface area contributed by atoms with E-state index < -0.39 is 28.8 Å². The third-order valence-corrected chi connectivity index (χ3v) is 3.30. The number of rotatable bonds is 1. The minimum atomic E-state index is -1.02. The lowest BCUT2D eigenvalue weighted by Crippen LogP contribution is -2.51. The van der Waals surface area contributed by atoms with Crippen molar-refractivity contribution in [2.75, 3.05) is 0 Å². The third-order valence-electron chi connectivity index (χ3n) is 3.30. The molecule has 1 aliphatic rings. The zero-order valence-corrected chi connectivity index (χ0v) is 9.29. The predicted molar refractivity (Wildman–Crippen MR) is 49.8 cm³/mol. The van der Waals surface area contributed by atoms with E-state index in [0.717, 1.165) is 0 Å². The summed E-state index contributed by atoms with van der Waals surface area (Å²) in [5.41, 5.74) is -0.904. The van der Waals surface area contributed by atoms with Crippen molar-refractivity contribution in [2.24, 2.45) is 16.7 Å². The van der Waals surface area contributed by atoms with Crippen LogP contribution in [0.1, 0.15) is 40.5 Å². The van der Waals surface area contributed by atoms with Crippen molar-refractivity contribution < 1.29 is 15.0 Å². The number of hydrogen-bond acceptors (Lipinski definition) is 2. The molecule has 3 heteroatoms. The molecule has 1 aliphatic carbocycles. The molecule has 0 N–H and O–H groups in total. The first-order valence-electron chi connectivity index (χ1n) is 5.03. The summed E-state index contributed by atoms with van der Waals surface area (Å²) in [6.45, 7) is 7.39. The van der Waals surface area contributed by atoms with Gasteiger partial charge in [-0.25, -0.2) is 5.11 Å².